The second-order valence-electron chi connectivity index (χ2n) is 8.67. The van der Waals surface area contributed by atoms with E-state index in [-0.39, 0.29) is 17.4 Å². The van der Waals surface area contributed by atoms with E-state index in [2.05, 4.69) is 38.1 Å². The smallest absolute Gasteiger partial charge is 0.201 e. The minimum Gasteiger partial charge on any atom is -0.301 e. The summed E-state index contributed by atoms with van der Waals surface area (Å²) in [6.07, 6.45) is 3.78. The summed E-state index contributed by atoms with van der Waals surface area (Å²) in [6.45, 7) is 8.17. The van der Waals surface area contributed by atoms with Gasteiger partial charge >= 0.3 is 0 Å². The highest BCUT2D eigenvalue weighted by molar-refractivity contribution is 6.44. The van der Waals surface area contributed by atoms with Crippen molar-refractivity contribution in [2.75, 3.05) is 0 Å². The lowest BCUT2D eigenvalue weighted by molar-refractivity contribution is -0.114. The Morgan fingerprint density at radius 3 is 2.38 bits per heavy atom. The van der Waals surface area contributed by atoms with Gasteiger partial charge < -0.3 is 5.41 Å². The molecule has 1 N–H and O–H groups in total. The number of nitrogens with one attached hydrogen (secondary N) is 1. The zero-order valence-electron chi connectivity index (χ0n) is 18.0. The van der Waals surface area contributed by atoms with Gasteiger partial charge in [0.2, 0.25) is 5.78 Å². The largest absolute Gasteiger partial charge is 0.301 e. The Labute approximate surface area is 174 Å². The van der Waals surface area contributed by atoms with Gasteiger partial charge in [-0.2, -0.15) is 0 Å². The number of Topliss-reactive ketones (excluding diaryl/α,β-unsaturated/α-hetero) is 1. The van der Waals surface area contributed by atoms with E-state index in [0.717, 1.165) is 30.5 Å². The minimum atomic E-state index is -0.626. The number of ketones is 1. The summed E-state index contributed by atoms with van der Waals surface area (Å²) < 4.78 is 0. The molecule has 3 rings (SSSR count). The molecule has 1 heterocycles. The van der Waals surface area contributed by atoms with Crippen molar-refractivity contribution < 1.29 is 4.79 Å². The molecule has 0 aromatic heterocycles. The summed E-state index contributed by atoms with van der Waals surface area (Å²) in [7, 11) is 0. The highest BCUT2D eigenvalue weighted by Gasteiger charge is 2.39. The van der Waals surface area contributed by atoms with E-state index in [9.17, 15) is 4.79 Å². The zero-order chi connectivity index (χ0) is 21.0. The fraction of sp³-hybridized carbons (Fsp3) is 0.423. The highest BCUT2D eigenvalue weighted by atomic mass is 16.1. The molecule has 2 aromatic carbocycles. The number of hydrogen-bond donors (Lipinski definition) is 1. The van der Waals surface area contributed by atoms with Crippen LogP contribution in [0.3, 0.4) is 0 Å². The first-order valence-corrected chi connectivity index (χ1v) is 10.7. The van der Waals surface area contributed by atoms with E-state index in [1.165, 1.54) is 11.1 Å². The van der Waals surface area contributed by atoms with E-state index < -0.39 is 11.5 Å². The Morgan fingerprint density at radius 2 is 1.76 bits per heavy atom. The second-order valence-corrected chi connectivity index (χ2v) is 8.67. The van der Waals surface area contributed by atoms with Crippen molar-refractivity contribution in [3.63, 3.8) is 0 Å². The molecular weight excluding hydrogens is 356 g/mol. The summed E-state index contributed by atoms with van der Waals surface area (Å²) in [6, 6.07) is 18.0. The molecule has 152 valence electrons. The fourth-order valence-electron chi connectivity index (χ4n) is 4.07. The first kappa shape index (κ1) is 21.2. The van der Waals surface area contributed by atoms with Crippen LogP contribution in [0.5, 0.6) is 0 Å². The molecule has 0 aliphatic carbocycles. The monoisotopic (exact) mass is 388 g/mol. The van der Waals surface area contributed by atoms with E-state index in [1.807, 2.05) is 44.2 Å². The molecule has 2 atom stereocenters. The van der Waals surface area contributed by atoms with Crippen molar-refractivity contribution in [2.24, 2.45) is 4.99 Å². The zero-order valence-corrected chi connectivity index (χ0v) is 18.0. The number of benzene rings is 2. The standard InChI is InChI=1S/C26H32N2O/c1-5-6-12-22-21(19-15-13-18(2)14-16-19)17-23(28-22)24(29)25(27)26(3,4)20-10-8-7-9-11-20/h7-11,13-16,21,23,27H,5-6,12,17H2,1-4H3. The maximum Gasteiger partial charge on any atom is 0.201 e. The predicted octanol–water partition coefficient (Wildman–Crippen LogP) is 6.05. The van der Waals surface area contributed by atoms with Gasteiger partial charge in [-0.3, -0.25) is 9.79 Å². The first-order valence-electron chi connectivity index (χ1n) is 10.7. The Morgan fingerprint density at radius 1 is 1.10 bits per heavy atom. The average Bonchev–Trinajstić information content (AvgIpc) is 3.16. The molecule has 3 nitrogen and oxygen atoms in total. The molecule has 0 saturated heterocycles. The molecule has 0 spiro atoms. The quantitative estimate of drug-likeness (QED) is 0.550. The summed E-state index contributed by atoms with van der Waals surface area (Å²) in [5, 5.41) is 8.68. The summed E-state index contributed by atoms with van der Waals surface area (Å²) in [5.74, 6) is 0.0474. The van der Waals surface area contributed by atoms with Crippen LogP contribution in [0.4, 0.5) is 0 Å². The van der Waals surface area contributed by atoms with E-state index in [1.54, 1.807) is 0 Å². The van der Waals surface area contributed by atoms with Gasteiger partial charge in [-0.05, 0) is 37.3 Å². The predicted molar refractivity (Wildman–Crippen MR) is 121 cm³/mol. The van der Waals surface area contributed by atoms with Crippen LogP contribution in [0, 0.1) is 12.3 Å². The van der Waals surface area contributed by atoms with Crippen molar-refractivity contribution in [2.45, 2.75) is 70.8 Å². The molecule has 2 unspecified atom stereocenters. The molecule has 3 heteroatoms. The Bertz CT molecular complexity index is 894. The third kappa shape index (κ3) is 4.55. The molecule has 29 heavy (non-hydrogen) atoms. The normalized spacial score (nSPS) is 19.1. The minimum absolute atomic E-state index is 0.137. The van der Waals surface area contributed by atoms with E-state index >= 15 is 0 Å². The molecule has 0 saturated carbocycles. The van der Waals surface area contributed by atoms with Crippen molar-refractivity contribution in [1.29, 1.82) is 5.41 Å². The molecule has 0 fully saturated rings. The van der Waals surface area contributed by atoms with Crippen LogP contribution < -0.4 is 0 Å². The average molecular weight is 389 g/mol. The van der Waals surface area contributed by atoms with Gasteiger partial charge in [-0.1, -0.05) is 87.4 Å². The number of aryl methyl sites for hydroxylation is 1. The number of nitrogens with zero attached hydrogens (tertiary/aromatic N) is 1. The molecule has 0 bridgehead atoms. The maximum atomic E-state index is 13.3. The van der Waals surface area contributed by atoms with Gasteiger partial charge in [0.25, 0.3) is 0 Å². The Balaban J connectivity index is 1.84. The number of unbranched alkanes of at least 4 members (excludes halogenated alkanes) is 1. The molecule has 1 aliphatic heterocycles. The van der Waals surface area contributed by atoms with Gasteiger partial charge in [-0.25, -0.2) is 0 Å². The van der Waals surface area contributed by atoms with Crippen molar-refractivity contribution >= 4 is 17.2 Å². The van der Waals surface area contributed by atoms with E-state index in [0.29, 0.717) is 6.42 Å². The summed E-state index contributed by atoms with van der Waals surface area (Å²) >= 11 is 0. The summed E-state index contributed by atoms with van der Waals surface area (Å²) in [4.78, 5) is 18.1. The molecule has 1 aliphatic rings. The van der Waals surface area contributed by atoms with Crippen molar-refractivity contribution in [3.8, 4) is 0 Å². The van der Waals surface area contributed by atoms with Gasteiger partial charge in [-0.15, -0.1) is 0 Å². The topological polar surface area (TPSA) is 53.3 Å². The number of aliphatic imine (C=N–C) groups is 1. The van der Waals surface area contributed by atoms with Crippen LogP contribution in [0.15, 0.2) is 59.6 Å². The lowest BCUT2D eigenvalue weighted by Crippen LogP contribution is -2.39. The first-order chi connectivity index (χ1) is 13.8. The van der Waals surface area contributed by atoms with Crippen LogP contribution in [-0.4, -0.2) is 23.2 Å². The third-order valence-corrected chi connectivity index (χ3v) is 6.12. The van der Waals surface area contributed by atoms with Crippen molar-refractivity contribution in [3.05, 3.63) is 71.3 Å². The van der Waals surface area contributed by atoms with Gasteiger partial charge in [0.1, 0.15) is 6.04 Å². The van der Waals surface area contributed by atoms with Crippen molar-refractivity contribution in [1.82, 2.24) is 0 Å². The van der Waals surface area contributed by atoms with Crippen LogP contribution in [0.2, 0.25) is 0 Å². The Hall–Kier alpha value is -2.55. The lowest BCUT2D eigenvalue weighted by Gasteiger charge is -2.26. The fourth-order valence-corrected chi connectivity index (χ4v) is 4.07. The Kier molecular flexibility index (Phi) is 6.46. The third-order valence-electron chi connectivity index (χ3n) is 6.12. The second kappa shape index (κ2) is 8.86. The maximum absolute atomic E-state index is 13.3. The molecular formula is C26H32N2O. The number of carbonyl (C=O) groups is 1. The summed E-state index contributed by atoms with van der Waals surface area (Å²) in [5.41, 5.74) is 4.10. The number of rotatable bonds is 8. The SMILES string of the molecule is CCCCC1=NC(C(=O)C(=N)C(C)(C)c2ccccc2)CC1c1ccc(C)cc1. The lowest BCUT2D eigenvalue weighted by atomic mass is 9.76. The highest BCUT2D eigenvalue weighted by Crippen LogP contribution is 2.35. The number of hydrogen-bond acceptors (Lipinski definition) is 3. The van der Waals surface area contributed by atoms with Crippen LogP contribution in [-0.2, 0) is 10.2 Å². The number of carbonyl (C=O) groups excluding carboxylic acids is 1. The van der Waals surface area contributed by atoms with Crippen LogP contribution in [0.1, 0.15) is 69.1 Å². The van der Waals surface area contributed by atoms with Crippen LogP contribution in [0.25, 0.3) is 0 Å². The molecule has 0 amide bonds. The van der Waals surface area contributed by atoms with Gasteiger partial charge in [0.05, 0.1) is 5.71 Å². The van der Waals surface area contributed by atoms with Crippen LogP contribution >= 0.6 is 0 Å². The molecule has 0 radical (unpaired) electrons. The van der Waals surface area contributed by atoms with Gasteiger partial charge in [0.15, 0.2) is 0 Å². The molecule has 2 aromatic rings. The van der Waals surface area contributed by atoms with Gasteiger partial charge in [0, 0.05) is 17.0 Å². The van der Waals surface area contributed by atoms with E-state index in [4.69, 9.17) is 10.4 Å².